The highest BCUT2D eigenvalue weighted by Gasteiger charge is 2.18. The Bertz CT molecular complexity index is 269. The molecule has 0 aromatic rings. The van der Waals surface area contributed by atoms with Gasteiger partial charge in [-0.3, -0.25) is 4.79 Å². The highest BCUT2D eigenvalue weighted by Crippen LogP contribution is 2.26. The van der Waals surface area contributed by atoms with Crippen molar-refractivity contribution in [3.8, 4) is 0 Å². The molecule has 0 spiro atoms. The van der Waals surface area contributed by atoms with E-state index in [1.165, 1.54) is 19.3 Å². The molecular formula is C14H22O. The van der Waals surface area contributed by atoms with Crippen molar-refractivity contribution in [3.63, 3.8) is 0 Å². The van der Waals surface area contributed by atoms with Gasteiger partial charge in [0.1, 0.15) is 0 Å². The zero-order chi connectivity index (χ0) is 11.3. The maximum atomic E-state index is 11.6. The number of hydrogen-bond donors (Lipinski definition) is 0. The topological polar surface area (TPSA) is 17.1 Å². The van der Waals surface area contributed by atoms with E-state index < -0.39 is 0 Å². The van der Waals surface area contributed by atoms with Crippen molar-refractivity contribution in [2.45, 2.75) is 46.5 Å². The minimum Gasteiger partial charge on any atom is -0.295 e. The fourth-order valence-corrected chi connectivity index (χ4v) is 2.16. The minimum atomic E-state index is 0.279. The molecular weight excluding hydrogens is 184 g/mol. The molecule has 0 radical (unpaired) electrons. The fraction of sp³-hybridized carbons (Fsp3) is 0.643. The van der Waals surface area contributed by atoms with Crippen LogP contribution in [0.25, 0.3) is 0 Å². The van der Waals surface area contributed by atoms with Gasteiger partial charge in [-0.15, -0.1) is 0 Å². The summed E-state index contributed by atoms with van der Waals surface area (Å²) in [6, 6.07) is 0. The molecule has 84 valence electrons. The molecule has 0 saturated heterocycles. The maximum absolute atomic E-state index is 11.6. The number of allylic oxidation sites excluding steroid dienone is 4. The summed E-state index contributed by atoms with van der Waals surface area (Å²) in [5, 5.41) is 0. The van der Waals surface area contributed by atoms with Crippen molar-refractivity contribution >= 4 is 5.78 Å². The molecule has 2 unspecified atom stereocenters. The van der Waals surface area contributed by atoms with Crippen LogP contribution in [-0.4, -0.2) is 5.78 Å². The van der Waals surface area contributed by atoms with E-state index in [0.717, 1.165) is 5.57 Å². The van der Waals surface area contributed by atoms with E-state index in [1.54, 1.807) is 6.08 Å². The SMILES string of the molecule is CC(C)=CC(=O)CC(C)C1C=CCCC1. The Morgan fingerprint density at radius 1 is 1.53 bits per heavy atom. The van der Waals surface area contributed by atoms with E-state index in [9.17, 15) is 4.79 Å². The normalized spacial score (nSPS) is 22.2. The van der Waals surface area contributed by atoms with Crippen LogP contribution in [0.1, 0.15) is 46.5 Å². The lowest BCUT2D eigenvalue weighted by molar-refractivity contribution is -0.115. The van der Waals surface area contributed by atoms with Gasteiger partial charge in [-0.1, -0.05) is 24.6 Å². The highest BCUT2D eigenvalue weighted by molar-refractivity contribution is 5.90. The van der Waals surface area contributed by atoms with Crippen molar-refractivity contribution in [2.75, 3.05) is 0 Å². The molecule has 1 aliphatic rings. The number of carbonyl (C=O) groups excluding carboxylic acids is 1. The molecule has 0 amide bonds. The largest absolute Gasteiger partial charge is 0.295 e. The second-order valence-corrected chi connectivity index (χ2v) is 4.89. The van der Waals surface area contributed by atoms with Crippen molar-refractivity contribution < 1.29 is 4.79 Å². The molecule has 1 heteroatoms. The summed E-state index contributed by atoms with van der Waals surface area (Å²) in [7, 11) is 0. The Morgan fingerprint density at radius 3 is 2.80 bits per heavy atom. The molecule has 0 aromatic heterocycles. The molecule has 0 saturated carbocycles. The van der Waals surface area contributed by atoms with Crippen LogP contribution < -0.4 is 0 Å². The van der Waals surface area contributed by atoms with Crippen LogP contribution in [0.15, 0.2) is 23.8 Å². The first-order valence-corrected chi connectivity index (χ1v) is 5.94. The summed E-state index contributed by atoms with van der Waals surface area (Å²) in [6.45, 7) is 6.14. The molecule has 0 fully saturated rings. The van der Waals surface area contributed by atoms with Gasteiger partial charge in [-0.2, -0.15) is 0 Å². The van der Waals surface area contributed by atoms with Crippen molar-refractivity contribution in [1.29, 1.82) is 0 Å². The predicted molar refractivity (Wildman–Crippen MR) is 64.7 cm³/mol. The lowest BCUT2D eigenvalue weighted by Gasteiger charge is -2.22. The van der Waals surface area contributed by atoms with E-state index >= 15 is 0 Å². The first-order valence-electron chi connectivity index (χ1n) is 5.94. The van der Waals surface area contributed by atoms with Gasteiger partial charge in [-0.05, 0) is 51.0 Å². The van der Waals surface area contributed by atoms with Gasteiger partial charge in [-0.25, -0.2) is 0 Å². The summed E-state index contributed by atoms with van der Waals surface area (Å²) in [5.41, 5.74) is 1.10. The summed E-state index contributed by atoms with van der Waals surface area (Å²) < 4.78 is 0. The molecule has 1 nitrogen and oxygen atoms in total. The van der Waals surface area contributed by atoms with Gasteiger partial charge in [0.25, 0.3) is 0 Å². The standard InChI is InChI=1S/C14H22O/c1-11(2)9-14(15)10-12(3)13-7-5-4-6-8-13/h5,7,9,12-13H,4,6,8,10H2,1-3H3. The molecule has 2 atom stereocenters. The molecule has 0 heterocycles. The summed E-state index contributed by atoms with van der Waals surface area (Å²) in [5.74, 6) is 1.39. The lowest BCUT2D eigenvalue weighted by atomic mass is 9.83. The second-order valence-electron chi connectivity index (χ2n) is 4.89. The molecule has 0 N–H and O–H groups in total. The van der Waals surface area contributed by atoms with Gasteiger partial charge >= 0.3 is 0 Å². The predicted octanol–water partition coefficient (Wildman–Crippen LogP) is 3.90. The van der Waals surface area contributed by atoms with E-state index in [-0.39, 0.29) is 5.78 Å². The number of ketones is 1. The van der Waals surface area contributed by atoms with E-state index in [4.69, 9.17) is 0 Å². The van der Waals surface area contributed by atoms with Crippen LogP contribution in [0.2, 0.25) is 0 Å². The minimum absolute atomic E-state index is 0.279. The van der Waals surface area contributed by atoms with Crippen molar-refractivity contribution in [1.82, 2.24) is 0 Å². The number of rotatable bonds is 4. The van der Waals surface area contributed by atoms with Crippen LogP contribution in [0.4, 0.5) is 0 Å². The lowest BCUT2D eigenvalue weighted by Crippen LogP contribution is -2.15. The van der Waals surface area contributed by atoms with Crippen LogP contribution in [0, 0.1) is 11.8 Å². The Hall–Kier alpha value is -0.850. The third kappa shape index (κ3) is 4.46. The summed E-state index contributed by atoms with van der Waals surface area (Å²) in [4.78, 5) is 11.6. The van der Waals surface area contributed by atoms with Gasteiger partial charge in [0.05, 0.1) is 0 Å². The fourth-order valence-electron chi connectivity index (χ4n) is 2.16. The van der Waals surface area contributed by atoms with Crippen LogP contribution in [0.5, 0.6) is 0 Å². The summed E-state index contributed by atoms with van der Waals surface area (Å²) >= 11 is 0. The Morgan fingerprint density at radius 2 is 2.27 bits per heavy atom. The zero-order valence-electron chi connectivity index (χ0n) is 10.1. The molecule has 15 heavy (non-hydrogen) atoms. The van der Waals surface area contributed by atoms with Crippen molar-refractivity contribution in [2.24, 2.45) is 11.8 Å². The quantitative estimate of drug-likeness (QED) is 0.503. The third-order valence-corrected chi connectivity index (χ3v) is 3.00. The van der Waals surface area contributed by atoms with Gasteiger partial charge < -0.3 is 0 Å². The van der Waals surface area contributed by atoms with Crippen LogP contribution >= 0.6 is 0 Å². The highest BCUT2D eigenvalue weighted by atomic mass is 16.1. The van der Waals surface area contributed by atoms with Crippen molar-refractivity contribution in [3.05, 3.63) is 23.8 Å². The zero-order valence-corrected chi connectivity index (χ0v) is 10.1. The Kier molecular flexibility index (Phi) is 4.80. The van der Waals surface area contributed by atoms with Crippen LogP contribution in [-0.2, 0) is 4.79 Å². The average Bonchev–Trinajstić information content (AvgIpc) is 2.17. The van der Waals surface area contributed by atoms with E-state index in [1.807, 2.05) is 13.8 Å². The van der Waals surface area contributed by atoms with Crippen LogP contribution in [0.3, 0.4) is 0 Å². The second kappa shape index (κ2) is 5.89. The van der Waals surface area contributed by atoms with Gasteiger partial charge in [0, 0.05) is 6.42 Å². The average molecular weight is 206 g/mol. The first-order chi connectivity index (χ1) is 7.09. The number of hydrogen-bond acceptors (Lipinski definition) is 1. The number of carbonyl (C=O) groups is 1. The Labute approximate surface area is 93.3 Å². The molecule has 0 aromatic carbocycles. The molecule has 1 rings (SSSR count). The maximum Gasteiger partial charge on any atom is 0.155 e. The first kappa shape index (κ1) is 12.2. The van der Waals surface area contributed by atoms with E-state index in [2.05, 4.69) is 19.1 Å². The van der Waals surface area contributed by atoms with E-state index in [0.29, 0.717) is 18.3 Å². The molecule has 1 aliphatic carbocycles. The molecule has 0 bridgehead atoms. The summed E-state index contributed by atoms with van der Waals surface area (Å²) in [6.07, 6.45) is 10.8. The van der Waals surface area contributed by atoms with Gasteiger partial charge in [0.15, 0.2) is 5.78 Å². The Balaban J connectivity index is 2.44. The molecule has 0 aliphatic heterocycles. The van der Waals surface area contributed by atoms with Gasteiger partial charge in [0.2, 0.25) is 0 Å². The smallest absolute Gasteiger partial charge is 0.155 e. The third-order valence-electron chi connectivity index (χ3n) is 3.00. The monoisotopic (exact) mass is 206 g/mol.